The van der Waals surface area contributed by atoms with Crippen molar-refractivity contribution >= 4 is 37.5 Å². The van der Waals surface area contributed by atoms with Gasteiger partial charge in [-0.25, -0.2) is 18.1 Å². The Labute approximate surface area is 160 Å². The lowest BCUT2D eigenvalue weighted by atomic mass is 10.2. The maximum atomic E-state index is 12.3. The van der Waals surface area contributed by atoms with Crippen molar-refractivity contribution in [1.82, 2.24) is 15.0 Å². The second-order valence-electron chi connectivity index (χ2n) is 5.59. The first-order chi connectivity index (χ1) is 13.0. The van der Waals surface area contributed by atoms with Crippen LogP contribution in [-0.4, -0.2) is 25.9 Å². The third kappa shape index (κ3) is 4.68. The van der Waals surface area contributed by atoms with Gasteiger partial charge in [0.25, 0.3) is 5.91 Å². The Kier molecular flexibility index (Phi) is 5.81. The van der Waals surface area contributed by atoms with Gasteiger partial charge in [0.2, 0.25) is 10.0 Å². The molecule has 7 nitrogen and oxygen atoms in total. The van der Waals surface area contributed by atoms with Crippen LogP contribution in [0.4, 0.5) is 0 Å². The highest BCUT2D eigenvalue weighted by Gasteiger charge is 2.14. The zero-order valence-electron chi connectivity index (χ0n) is 14.2. The van der Waals surface area contributed by atoms with Crippen LogP contribution in [0.3, 0.4) is 0 Å². The van der Waals surface area contributed by atoms with Gasteiger partial charge in [0.05, 0.1) is 27.7 Å². The lowest BCUT2D eigenvalue weighted by molar-refractivity contribution is 0.0951. The summed E-state index contributed by atoms with van der Waals surface area (Å²) in [6.45, 7) is 0.344. The van der Waals surface area contributed by atoms with Crippen LogP contribution in [0.2, 0.25) is 0 Å². The Morgan fingerprint density at radius 1 is 1.15 bits per heavy atom. The van der Waals surface area contributed by atoms with E-state index < -0.39 is 10.0 Å². The van der Waals surface area contributed by atoms with Gasteiger partial charge in [-0.2, -0.15) is 5.26 Å². The number of rotatable bonds is 7. The molecule has 0 unspecified atom stereocenters. The van der Waals surface area contributed by atoms with Crippen molar-refractivity contribution in [3.05, 3.63) is 59.1 Å². The number of nitriles is 1. The monoisotopic (exact) mass is 400 g/mol. The highest BCUT2D eigenvalue weighted by atomic mass is 32.2. The van der Waals surface area contributed by atoms with Crippen LogP contribution in [-0.2, 0) is 16.6 Å². The quantitative estimate of drug-likeness (QED) is 0.592. The number of thiazole rings is 1. The molecule has 138 valence electrons. The highest BCUT2D eigenvalue weighted by Crippen LogP contribution is 2.21. The molecule has 0 bridgehead atoms. The summed E-state index contributed by atoms with van der Waals surface area (Å²) in [5.41, 5.74) is 1.25. The van der Waals surface area contributed by atoms with Crippen LogP contribution in [0.15, 0.2) is 53.4 Å². The van der Waals surface area contributed by atoms with E-state index in [-0.39, 0.29) is 23.8 Å². The topological polar surface area (TPSA) is 112 Å². The van der Waals surface area contributed by atoms with Gasteiger partial charge in [-0.1, -0.05) is 12.1 Å². The van der Waals surface area contributed by atoms with E-state index in [1.54, 1.807) is 0 Å². The maximum Gasteiger partial charge on any atom is 0.251 e. The van der Waals surface area contributed by atoms with Gasteiger partial charge in [0.1, 0.15) is 5.01 Å². The predicted molar refractivity (Wildman–Crippen MR) is 103 cm³/mol. The van der Waals surface area contributed by atoms with E-state index in [1.165, 1.54) is 35.6 Å². The average Bonchev–Trinajstić information content (AvgIpc) is 3.09. The number of hydrogen-bond donors (Lipinski definition) is 2. The Morgan fingerprint density at radius 2 is 1.89 bits per heavy atom. The van der Waals surface area contributed by atoms with E-state index >= 15 is 0 Å². The van der Waals surface area contributed by atoms with E-state index in [4.69, 9.17) is 5.26 Å². The number of hydrogen-bond acceptors (Lipinski definition) is 6. The van der Waals surface area contributed by atoms with Crippen LogP contribution in [0.5, 0.6) is 0 Å². The average molecular weight is 400 g/mol. The van der Waals surface area contributed by atoms with Crippen LogP contribution in [0, 0.1) is 11.3 Å². The van der Waals surface area contributed by atoms with Crippen molar-refractivity contribution < 1.29 is 13.2 Å². The zero-order chi connectivity index (χ0) is 19.3. The number of aromatic nitrogens is 1. The van der Waals surface area contributed by atoms with Gasteiger partial charge in [0.15, 0.2) is 0 Å². The largest absolute Gasteiger partial charge is 0.346 e. The minimum atomic E-state index is -3.69. The summed E-state index contributed by atoms with van der Waals surface area (Å²) in [6, 6.07) is 15.2. The van der Waals surface area contributed by atoms with Gasteiger partial charge >= 0.3 is 0 Å². The molecule has 3 rings (SSSR count). The fourth-order valence-corrected chi connectivity index (χ4v) is 4.30. The van der Waals surface area contributed by atoms with Gasteiger partial charge in [-0.15, -0.1) is 11.3 Å². The molecule has 0 radical (unpaired) electrons. The smallest absolute Gasteiger partial charge is 0.251 e. The van der Waals surface area contributed by atoms with E-state index in [1.807, 2.05) is 30.3 Å². The number of carbonyl (C=O) groups is 1. The maximum absolute atomic E-state index is 12.3. The molecule has 0 aliphatic heterocycles. The molecule has 27 heavy (non-hydrogen) atoms. The molecule has 1 aromatic heterocycles. The predicted octanol–water partition coefficient (Wildman–Crippen LogP) is 2.42. The molecule has 0 saturated carbocycles. The number of benzene rings is 2. The Morgan fingerprint density at radius 3 is 2.59 bits per heavy atom. The Hall–Kier alpha value is -2.80. The fourth-order valence-electron chi connectivity index (χ4n) is 2.36. The molecule has 0 saturated heterocycles. The van der Waals surface area contributed by atoms with Crippen LogP contribution in [0.25, 0.3) is 10.2 Å². The van der Waals surface area contributed by atoms with Crippen molar-refractivity contribution in [3.63, 3.8) is 0 Å². The second kappa shape index (κ2) is 8.26. The molecule has 0 spiro atoms. The SMILES string of the molecule is N#CCCNS(=O)(=O)c1ccc(C(=O)NCc2nc3ccccc3s2)cc1. The Bertz CT molecular complexity index is 1070. The summed E-state index contributed by atoms with van der Waals surface area (Å²) in [6.07, 6.45) is 0.0888. The molecular weight excluding hydrogens is 384 g/mol. The minimum Gasteiger partial charge on any atom is -0.346 e. The van der Waals surface area contributed by atoms with Crippen LogP contribution >= 0.6 is 11.3 Å². The molecule has 0 fully saturated rings. The van der Waals surface area contributed by atoms with E-state index in [0.29, 0.717) is 12.1 Å². The molecule has 2 aromatic carbocycles. The summed E-state index contributed by atoms with van der Waals surface area (Å²) in [5, 5.41) is 12.1. The van der Waals surface area contributed by atoms with Crippen LogP contribution in [0.1, 0.15) is 21.8 Å². The van der Waals surface area contributed by atoms with Crippen molar-refractivity contribution in [1.29, 1.82) is 5.26 Å². The van der Waals surface area contributed by atoms with E-state index in [0.717, 1.165) is 15.2 Å². The van der Waals surface area contributed by atoms with Crippen molar-refractivity contribution in [2.24, 2.45) is 0 Å². The van der Waals surface area contributed by atoms with Gasteiger partial charge < -0.3 is 5.32 Å². The number of nitrogens with zero attached hydrogens (tertiary/aromatic N) is 2. The van der Waals surface area contributed by atoms with Gasteiger partial charge in [0, 0.05) is 18.5 Å². The van der Waals surface area contributed by atoms with Crippen molar-refractivity contribution in [2.75, 3.05) is 6.54 Å². The zero-order valence-corrected chi connectivity index (χ0v) is 15.8. The summed E-state index contributed by atoms with van der Waals surface area (Å²) < 4.78 is 27.5. The number of amides is 1. The Balaban J connectivity index is 1.62. The molecular formula is C18H16N4O3S2. The van der Waals surface area contributed by atoms with E-state index in [2.05, 4.69) is 15.0 Å². The minimum absolute atomic E-state index is 0.0446. The van der Waals surface area contributed by atoms with Gasteiger partial charge in [-0.3, -0.25) is 4.79 Å². The lowest BCUT2D eigenvalue weighted by Crippen LogP contribution is -2.25. The standard InChI is InChI=1S/C18H16N4O3S2/c19-10-3-11-21-27(24,25)14-8-6-13(7-9-14)18(23)20-12-17-22-15-4-1-2-5-16(15)26-17/h1-2,4-9,21H,3,11-12H2,(H,20,23). The molecule has 0 atom stereocenters. The first-order valence-electron chi connectivity index (χ1n) is 8.09. The van der Waals surface area contributed by atoms with Gasteiger partial charge in [-0.05, 0) is 36.4 Å². The third-order valence-electron chi connectivity index (χ3n) is 3.69. The summed E-state index contributed by atoms with van der Waals surface area (Å²) in [4.78, 5) is 16.8. The molecule has 9 heteroatoms. The molecule has 0 aliphatic carbocycles. The third-order valence-corrected chi connectivity index (χ3v) is 6.21. The number of fused-ring (bicyclic) bond motifs is 1. The normalized spacial score (nSPS) is 11.2. The summed E-state index contributed by atoms with van der Waals surface area (Å²) >= 11 is 1.51. The summed E-state index contributed by atoms with van der Waals surface area (Å²) in [7, 11) is -3.69. The van der Waals surface area contributed by atoms with Crippen molar-refractivity contribution in [3.8, 4) is 6.07 Å². The number of para-hydroxylation sites is 1. The summed E-state index contributed by atoms with van der Waals surface area (Å²) in [5.74, 6) is -0.310. The lowest BCUT2D eigenvalue weighted by Gasteiger charge is -2.07. The highest BCUT2D eigenvalue weighted by molar-refractivity contribution is 7.89. The first kappa shape index (κ1) is 19.0. The number of nitrogens with one attached hydrogen (secondary N) is 2. The second-order valence-corrected chi connectivity index (χ2v) is 8.47. The molecule has 1 heterocycles. The molecule has 1 amide bonds. The number of carbonyl (C=O) groups excluding carboxylic acids is 1. The number of sulfonamides is 1. The first-order valence-corrected chi connectivity index (χ1v) is 10.4. The van der Waals surface area contributed by atoms with Crippen molar-refractivity contribution in [2.45, 2.75) is 17.9 Å². The van der Waals surface area contributed by atoms with E-state index in [9.17, 15) is 13.2 Å². The van der Waals surface area contributed by atoms with Crippen LogP contribution < -0.4 is 10.0 Å². The molecule has 2 N–H and O–H groups in total. The molecule has 0 aliphatic rings. The molecule has 3 aromatic rings. The fraction of sp³-hybridized carbons (Fsp3) is 0.167.